The number of aryl methyl sites for hydroxylation is 1. The van der Waals surface area contributed by atoms with Gasteiger partial charge in [-0.1, -0.05) is 60.7 Å². The smallest absolute Gasteiger partial charge is 0.274 e. The number of piperidine rings is 1. The summed E-state index contributed by atoms with van der Waals surface area (Å²) in [6.45, 7) is 5.83. The Hall–Kier alpha value is -2.72. The summed E-state index contributed by atoms with van der Waals surface area (Å²) >= 11 is 0. The van der Waals surface area contributed by atoms with E-state index in [4.69, 9.17) is 0 Å². The van der Waals surface area contributed by atoms with Crippen LogP contribution in [-0.2, 0) is 13.1 Å². The lowest BCUT2D eigenvalue weighted by molar-refractivity contribution is 0.163. The molecule has 144 valence electrons. The molecule has 1 fully saturated rings. The Morgan fingerprint density at radius 1 is 0.964 bits per heavy atom. The zero-order chi connectivity index (χ0) is 19.3. The Balaban J connectivity index is 1.43. The number of hydrogen-bond acceptors (Lipinski definition) is 3. The van der Waals surface area contributed by atoms with Crippen molar-refractivity contribution in [2.45, 2.75) is 32.9 Å². The summed E-state index contributed by atoms with van der Waals surface area (Å²) in [6.07, 6.45) is 2.21. The third kappa shape index (κ3) is 4.39. The van der Waals surface area contributed by atoms with Gasteiger partial charge in [-0.2, -0.15) is 5.10 Å². The molecule has 0 spiro atoms. The highest BCUT2D eigenvalue weighted by Crippen LogP contribution is 2.21. The molecule has 0 unspecified atom stereocenters. The third-order valence-electron chi connectivity index (χ3n) is 5.57. The minimum absolute atomic E-state index is 0.0171. The first-order chi connectivity index (χ1) is 13.7. The Kier molecular flexibility index (Phi) is 5.68. The van der Waals surface area contributed by atoms with Crippen LogP contribution in [0.25, 0.3) is 11.1 Å². The average molecular weight is 374 g/mol. The third-order valence-corrected chi connectivity index (χ3v) is 5.57. The molecule has 0 atom stereocenters. The number of aromatic nitrogens is 2. The highest BCUT2D eigenvalue weighted by Gasteiger charge is 2.21. The first kappa shape index (κ1) is 18.6. The van der Waals surface area contributed by atoms with Crippen LogP contribution in [-0.4, -0.2) is 27.8 Å². The minimum Gasteiger partial charge on any atom is -0.299 e. The van der Waals surface area contributed by atoms with E-state index in [0.29, 0.717) is 12.5 Å². The van der Waals surface area contributed by atoms with Gasteiger partial charge in [0.25, 0.3) is 5.56 Å². The topological polar surface area (TPSA) is 38.1 Å². The van der Waals surface area contributed by atoms with E-state index in [2.05, 4.69) is 40.3 Å². The largest absolute Gasteiger partial charge is 0.299 e. The van der Waals surface area contributed by atoms with Gasteiger partial charge in [-0.3, -0.25) is 9.69 Å². The van der Waals surface area contributed by atoms with Crippen LogP contribution in [0.4, 0.5) is 0 Å². The molecule has 0 aliphatic carbocycles. The lowest BCUT2D eigenvalue weighted by Gasteiger charge is -2.32. The fourth-order valence-electron chi connectivity index (χ4n) is 4.04. The highest BCUT2D eigenvalue weighted by atomic mass is 16.1. The number of rotatable bonds is 5. The second-order valence-corrected chi connectivity index (χ2v) is 7.76. The van der Waals surface area contributed by atoms with Crippen LogP contribution in [0.15, 0.2) is 71.5 Å². The molecule has 28 heavy (non-hydrogen) atoms. The predicted molar refractivity (Wildman–Crippen MR) is 113 cm³/mol. The highest BCUT2D eigenvalue weighted by molar-refractivity contribution is 5.62. The monoisotopic (exact) mass is 373 g/mol. The summed E-state index contributed by atoms with van der Waals surface area (Å²) in [5.41, 5.74) is 3.98. The second kappa shape index (κ2) is 8.53. The molecule has 2 aromatic carbocycles. The van der Waals surface area contributed by atoms with Crippen LogP contribution in [0.1, 0.15) is 24.1 Å². The van der Waals surface area contributed by atoms with Gasteiger partial charge in [0.1, 0.15) is 0 Å². The van der Waals surface area contributed by atoms with E-state index in [-0.39, 0.29) is 5.56 Å². The molecule has 0 amide bonds. The molecule has 4 rings (SSSR count). The molecule has 3 aromatic rings. The molecule has 4 heteroatoms. The van der Waals surface area contributed by atoms with E-state index < -0.39 is 0 Å². The molecule has 4 nitrogen and oxygen atoms in total. The predicted octanol–water partition coefficient (Wildman–Crippen LogP) is 4.13. The normalized spacial score (nSPS) is 15.6. The van der Waals surface area contributed by atoms with Crippen molar-refractivity contribution in [1.82, 2.24) is 14.7 Å². The number of nitrogens with zero attached hydrogens (tertiary/aromatic N) is 3. The molecule has 1 aliphatic rings. The lowest BCUT2D eigenvalue weighted by atomic mass is 9.96. The maximum absolute atomic E-state index is 13.0. The van der Waals surface area contributed by atoms with E-state index >= 15 is 0 Å². The van der Waals surface area contributed by atoms with Crippen LogP contribution >= 0.6 is 0 Å². The Bertz CT molecular complexity index is 958. The van der Waals surface area contributed by atoms with E-state index in [9.17, 15) is 4.79 Å². The molecule has 1 aromatic heterocycles. The van der Waals surface area contributed by atoms with Gasteiger partial charge < -0.3 is 0 Å². The zero-order valence-electron chi connectivity index (χ0n) is 16.4. The van der Waals surface area contributed by atoms with Crippen molar-refractivity contribution < 1.29 is 0 Å². The Morgan fingerprint density at radius 2 is 1.61 bits per heavy atom. The van der Waals surface area contributed by atoms with E-state index in [1.54, 1.807) is 4.68 Å². The molecular formula is C24H27N3O. The van der Waals surface area contributed by atoms with Crippen molar-refractivity contribution in [3.05, 3.63) is 88.3 Å². The van der Waals surface area contributed by atoms with Crippen molar-refractivity contribution in [3.63, 3.8) is 0 Å². The molecule has 0 N–H and O–H groups in total. The van der Waals surface area contributed by atoms with Crippen LogP contribution < -0.4 is 5.56 Å². The molecule has 0 bridgehead atoms. The quantitative estimate of drug-likeness (QED) is 0.675. The maximum atomic E-state index is 13.0. The second-order valence-electron chi connectivity index (χ2n) is 7.76. The average Bonchev–Trinajstić information content (AvgIpc) is 2.73. The molecule has 1 aliphatic heterocycles. The van der Waals surface area contributed by atoms with Gasteiger partial charge in [0.2, 0.25) is 0 Å². The van der Waals surface area contributed by atoms with Crippen molar-refractivity contribution in [2.75, 3.05) is 13.1 Å². The van der Waals surface area contributed by atoms with E-state index in [0.717, 1.165) is 49.3 Å². The summed E-state index contributed by atoms with van der Waals surface area (Å²) in [7, 11) is 0. The summed E-state index contributed by atoms with van der Waals surface area (Å²) < 4.78 is 1.69. The van der Waals surface area contributed by atoms with E-state index in [1.807, 2.05) is 43.3 Å². The van der Waals surface area contributed by atoms with Gasteiger partial charge in [-0.05, 0) is 56.0 Å². The summed E-state index contributed by atoms with van der Waals surface area (Å²) in [5.74, 6) is 0.502. The maximum Gasteiger partial charge on any atom is 0.274 e. The molecular weight excluding hydrogens is 346 g/mol. The first-order valence-electron chi connectivity index (χ1n) is 10.1. The molecule has 0 radical (unpaired) electrons. The summed E-state index contributed by atoms with van der Waals surface area (Å²) in [4.78, 5) is 15.5. The first-order valence-corrected chi connectivity index (χ1v) is 10.1. The lowest BCUT2D eigenvalue weighted by Crippen LogP contribution is -2.36. The van der Waals surface area contributed by atoms with Gasteiger partial charge in [0.15, 0.2) is 0 Å². The molecule has 2 heterocycles. The van der Waals surface area contributed by atoms with Crippen molar-refractivity contribution in [2.24, 2.45) is 5.92 Å². The zero-order valence-corrected chi connectivity index (χ0v) is 16.4. The SMILES string of the molecule is Cc1cc(-c2ccccc2)c(=O)n(CC2CCN(Cc3ccccc3)CC2)n1. The van der Waals surface area contributed by atoms with Gasteiger partial charge >= 0.3 is 0 Å². The standard InChI is InChI=1S/C24H27N3O/c1-19-16-23(22-10-6-3-7-11-22)24(28)27(25-19)18-21-12-14-26(15-13-21)17-20-8-4-2-5-9-20/h2-11,16,21H,12-15,17-18H2,1H3. The van der Waals surface area contributed by atoms with Gasteiger partial charge in [-0.25, -0.2) is 4.68 Å². The molecule has 0 saturated carbocycles. The summed E-state index contributed by atoms with van der Waals surface area (Å²) in [5, 5.41) is 4.53. The van der Waals surface area contributed by atoms with Crippen molar-refractivity contribution in [3.8, 4) is 11.1 Å². The number of hydrogen-bond donors (Lipinski definition) is 0. The van der Waals surface area contributed by atoms with Gasteiger partial charge in [0, 0.05) is 13.1 Å². The Morgan fingerprint density at radius 3 is 2.29 bits per heavy atom. The van der Waals surface area contributed by atoms with Gasteiger partial charge in [-0.15, -0.1) is 0 Å². The van der Waals surface area contributed by atoms with Crippen molar-refractivity contribution >= 4 is 0 Å². The van der Waals surface area contributed by atoms with E-state index in [1.165, 1.54) is 5.56 Å². The fraction of sp³-hybridized carbons (Fsp3) is 0.333. The number of likely N-dealkylation sites (tertiary alicyclic amines) is 1. The summed E-state index contributed by atoms with van der Waals surface area (Å²) in [6, 6.07) is 22.4. The number of benzene rings is 2. The minimum atomic E-state index is 0.0171. The van der Waals surface area contributed by atoms with Crippen molar-refractivity contribution in [1.29, 1.82) is 0 Å². The van der Waals surface area contributed by atoms with Crippen LogP contribution in [0.5, 0.6) is 0 Å². The van der Waals surface area contributed by atoms with Crippen LogP contribution in [0.3, 0.4) is 0 Å². The van der Waals surface area contributed by atoms with Crippen LogP contribution in [0, 0.1) is 12.8 Å². The van der Waals surface area contributed by atoms with Gasteiger partial charge in [0.05, 0.1) is 11.3 Å². The Labute approximate surface area is 166 Å². The van der Waals surface area contributed by atoms with Crippen LogP contribution in [0.2, 0.25) is 0 Å². The molecule has 1 saturated heterocycles. The fourth-order valence-corrected chi connectivity index (χ4v) is 4.04.